The lowest BCUT2D eigenvalue weighted by Crippen LogP contribution is -2.50. The molecule has 0 aliphatic carbocycles. The van der Waals surface area contributed by atoms with Gasteiger partial charge < -0.3 is 14.4 Å². The minimum atomic E-state index is -3.66. The highest BCUT2D eigenvalue weighted by Crippen LogP contribution is 2.17. The fourth-order valence-corrected chi connectivity index (χ4v) is 4.61. The minimum absolute atomic E-state index is 0.0893. The number of hydrogen-bond donors (Lipinski definition) is 1. The summed E-state index contributed by atoms with van der Waals surface area (Å²) in [5.74, 6) is -0.134. The monoisotopic (exact) mass is 411 g/mol. The van der Waals surface area contributed by atoms with Crippen LogP contribution in [0.3, 0.4) is 0 Å². The van der Waals surface area contributed by atoms with E-state index in [1.165, 1.54) is 19.2 Å². The fraction of sp³-hybridized carbons (Fsp3) is 0.632. The number of benzene rings is 1. The van der Waals surface area contributed by atoms with Gasteiger partial charge in [-0.1, -0.05) is 6.07 Å². The zero-order valence-corrected chi connectivity index (χ0v) is 17.1. The predicted molar refractivity (Wildman–Crippen MR) is 105 cm³/mol. The average Bonchev–Trinajstić information content (AvgIpc) is 3.21. The Labute approximate surface area is 166 Å². The maximum absolute atomic E-state index is 12.8. The van der Waals surface area contributed by atoms with Crippen LogP contribution in [0.15, 0.2) is 29.2 Å². The number of methoxy groups -OCH3 is 1. The summed E-state index contributed by atoms with van der Waals surface area (Å²) in [6.45, 7) is 5.12. The predicted octanol–water partition coefficient (Wildman–Crippen LogP) is 0.548. The maximum Gasteiger partial charge on any atom is 0.253 e. The van der Waals surface area contributed by atoms with E-state index in [0.29, 0.717) is 24.8 Å². The van der Waals surface area contributed by atoms with Crippen LogP contribution in [0.4, 0.5) is 0 Å². The van der Waals surface area contributed by atoms with Crippen molar-refractivity contribution in [2.75, 3.05) is 59.6 Å². The number of carbonyl (C=O) groups excluding carboxylic acids is 1. The van der Waals surface area contributed by atoms with E-state index in [1.54, 1.807) is 17.0 Å². The molecule has 3 rings (SSSR count). The van der Waals surface area contributed by atoms with Gasteiger partial charge in [-0.2, -0.15) is 0 Å². The molecule has 0 spiro atoms. The lowest BCUT2D eigenvalue weighted by Gasteiger charge is -2.35. The van der Waals surface area contributed by atoms with Crippen LogP contribution in [0.25, 0.3) is 0 Å². The molecule has 0 radical (unpaired) electrons. The SMILES string of the molecule is COCCNS(=O)(=O)c1cccc(C(=O)N2CCN(CC3CCCO3)CC2)c1. The van der Waals surface area contributed by atoms with E-state index in [9.17, 15) is 13.2 Å². The van der Waals surface area contributed by atoms with E-state index in [-0.39, 0.29) is 24.0 Å². The van der Waals surface area contributed by atoms with Crippen molar-refractivity contribution in [1.29, 1.82) is 0 Å². The van der Waals surface area contributed by atoms with Gasteiger partial charge in [0.1, 0.15) is 0 Å². The standard InChI is InChI=1S/C19H29N3O5S/c1-26-13-7-20-28(24,25)18-6-2-4-16(14-18)19(23)22-10-8-21(9-11-22)15-17-5-3-12-27-17/h2,4,6,14,17,20H,3,5,7-13,15H2,1H3. The largest absolute Gasteiger partial charge is 0.383 e. The van der Waals surface area contributed by atoms with Gasteiger partial charge in [0.15, 0.2) is 0 Å². The first kappa shape index (κ1) is 21.2. The second-order valence-corrected chi connectivity index (χ2v) is 8.91. The molecule has 1 aromatic carbocycles. The van der Waals surface area contributed by atoms with Crippen LogP contribution in [0.1, 0.15) is 23.2 Å². The Balaban J connectivity index is 1.57. The Morgan fingerprint density at radius 3 is 2.75 bits per heavy atom. The summed E-state index contributed by atoms with van der Waals surface area (Å²) < 4.78 is 37.7. The number of carbonyl (C=O) groups is 1. The molecule has 0 bridgehead atoms. The van der Waals surface area contributed by atoms with Crippen LogP contribution < -0.4 is 4.72 Å². The zero-order valence-electron chi connectivity index (χ0n) is 16.3. The number of ether oxygens (including phenoxy) is 2. The van der Waals surface area contributed by atoms with E-state index < -0.39 is 10.0 Å². The van der Waals surface area contributed by atoms with Crippen LogP contribution >= 0.6 is 0 Å². The van der Waals surface area contributed by atoms with E-state index >= 15 is 0 Å². The molecular weight excluding hydrogens is 382 g/mol. The van der Waals surface area contributed by atoms with Gasteiger partial charge in [0.25, 0.3) is 5.91 Å². The first-order valence-electron chi connectivity index (χ1n) is 9.71. The van der Waals surface area contributed by atoms with Gasteiger partial charge in [0.05, 0.1) is 17.6 Å². The van der Waals surface area contributed by atoms with Crippen LogP contribution in [-0.4, -0.2) is 89.8 Å². The molecule has 2 aliphatic rings. The summed E-state index contributed by atoms with van der Waals surface area (Å²) in [4.78, 5) is 17.0. The van der Waals surface area contributed by atoms with Crippen molar-refractivity contribution in [2.45, 2.75) is 23.8 Å². The molecule has 0 aromatic heterocycles. The zero-order chi connectivity index (χ0) is 20.0. The van der Waals surface area contributed by atoms with E-state index in [1.807, 2.05) is 0 Å². The lowest BCUT2D eigenvalue weighted by atomic mass is 10.1. The summed E-state index contributed by atoms with van der Waals surface area (Å²) in [6.07, 6.45) is 2.55. The molecule has 2 saturated heterocycles. The Morgan fingerprint density at radius 2 is 2.07 bits per heavy atom. The number of hydrogen-bond acceptors (Lipinski definition) is 6. The highest BCUT2D eigenvalue weighted by molar-refractivity contribution is 7.89. The second-order valence-electron chi connectivity index (χ2n) is 7.15. The van der Waals surface area contributed by atoms with E-state index in [2.05, 4.69) is 9.62 Å². The molecule has 2 heterocycles. The Kier molecular flexibility index (Phi) is 7.42. The highest BCUT2D eigenvalue weighted by Gasteiger charge is 2.26. The minimum Gasteiger partial charge on any atom is -0.383 e. The molecule has 1 unspecified atom stereocenters. The molecule has 8 nitrogen and oxygen atoms in total. The summed E-state index contributed by atoms with van der Waals surface area (Å²) >= 11 is 0. The Hall–Kier alpha value is -1.52. The molecular formula is C19H29N3O5S. The van der Waals surface area contributed by atoms with Crippen molar-refractivity contribution in [2.24, 2.45) is 0 Å². The summed E-state index contributed by atoms with van der Waals surface area (Å²) in [5, 5.41) is 0. The maximum atomic E-state index is 12.8. The molecule has 0 saturated carbocycles. The summed E-state index contributed by atoms with van der Waals surface area (Å²) in [6, 6.07) is 6.20. The molecule has 2 fully saturated rings. The van der Waals surface area contributed by atoms with E-state index in [0.717, 1.165) is 39.1 Å². The number of sulfonamides is 1. The summed E-state index contributed by atoms with van der Waals surface area (Å²) in [7, 11) is -2.16. The molecule has 1 amide bonds. The lowest BCUT2D eigenvalue weighted by molar-refractivity contribution is 0.0432. The number of nitrogens with one attached hydrogen (secondary N) is 1. The number of rotatable bonds is 8. The average molecular weight is 412 g/mol. The molecule has 28 heavy (non-hydrogen) atoms. The fourth-order valence-electron chi connectivity index (χ4n) is 3.55. The van der Waals surface area contributed by atoms with Gasteiger partial charge in [-0.15, -0.1) is 0 Å². The van der Waals surface area contributed by atoms with Crippen molar-refractivity contribution < 1.29 is 22.7 Å². The number of piperazine rings is 1. The quantitative estimate of drug-likeness (QED) is 0.629. The first-order chi connectivity index (χ1) is 13.5. The van der Waals surface area contributed by atoms with Crippen molar-refractivity contribution in [3.63, 3.8) is 0 Å². The first-order valence-corrected chi connectivity index (χ1v) is 11.2. The van der Waals surface area contributed by atoms with Crippen molar-refractivity contribution in [3.8, 4) is 0 Å². The van der Waals surface area contributed by atoms with E-state index in [4.69, 9.17) is 9.47 Å². The van der Waals surface area contributed by atoms with Crippen LogP contribution in [-0.2, 0) is 19.5 Å². The van der Waals surface area contributed by atoms with Gasteiger partial charge in [0, 0.05) is 58.5 Å². The number of nitrogens with zero attached hydrogens (tertiary/aromatic N) is 2. The second kappa shape index (κ2) is 9.80. The number of amides is 1. The van der Waals surface area contributed by atoms with Gasteiger partial charge in [0.2, 0.25) is 10.0 Å². The van der Waals surface area contributed by atoms with Crippen LogP contribution in [0.2, 0.25) is 0 Å². The smallest absolute Gasteiger partial charge is 0.253 e. The molecule has 1 N–H and O–H groups in total. The Bertz CT molecular complexity index is 757. The Morgan fingerprint density at radius 1 is 1.29 bits per heavy atom. The van der Waals surface area contributed by atoms with Crippen molar-refractivity contribution in [3.05, 3.63) is 29.8 Å². The molecule has 9 heteroatoms. The van der Waals surface area contributed by atoms with Gasteiger partial charge in [-0.25, -0.2) is 13.1 Å². The van der Waals surface area contributed by atoms with Gasteiger partial charge in [-0.05, 0) is 31.0 Å². The van der Waals surface area contributed by atoms with Crippen LogP contribution in [0, 0.1) is 0 Å². The molecule has 2 aliphatic heterocycles. The molecule has 1 aromatic rings. The third kappa shape index (κ3) is 5.51. The van der Waals surface area contributed by atoms with Crippen molar-refractivity contribution >= 4 is 15.9 Å². The van der Waals surface area contributed by atoms with Crippen LogP contribution in [0.5, 0.6) is 0 Å². The summed E-state index contributed by atoms with van der Waals surface area (Å²) in [5.41, 5.74) is 0.391. The topological polar surface area (TPSA) is 88.2 Å². The normalized spacial score (nSPS) is 21.2. The third-order valence-electron chi connectivity index (χ3n) is 5.13. The van der Waals surface area contributed by atoms with Gasteiger partial charge >= 0.3 is 0 Å². The third-order valence-corrected chi connectivity index (χ3v) is 6.59. The van der Waals surface area contributed by atoms with Crippen molar-refractivity contribution in [1.82, 2.24) is 14.5 Å². The molecule has 1 atom stereocenters. The van der Waals surface area contributed by atoms with Gasteiger partial charge in [-0.3, -0.25) is 9.69 Å². The molecule has 156 valence electrons. The highest BCUT2D eigenvalue weighted by atomic mass is 32.2.